The van der Waals surface area contributed by atoms with Crippen LogP contribution in [0.4, 0.5) is 4.79 Å². The van der Waals surface area contributed by atoms with Crippen LogP contribution in [0.2, 0.25) is 0 Å². The van der Waals surface area contributed by atoms with Crippen molar-refractivity contribution in [3.63, 3.8) is 0 Å². The minimum absolute atomic E-state index is 0.0666. The Morgan fingerprint density at radius 2 is 1.89 bits per heavy atom. The maximum Gasteiger partial charge on any atom is 0.436 e. The quantitative estimate of drug-likeness (QED) is 0.762. The van der Waals surface area contributed by atoms with Crippen molar-refractivity contribution in [3.05, 3.63) is 35.4 Å². The lowest BCUT2D eigenvalue weighted by Crippen LogP contribution is -2.46. The van der Waals surface area contributed by atoms with Gasteiger partial charge in [0.15, 0.2) is 11.4 Å². The Morgan fingerprint density at radius 3 is 2.50 bits per heavy atom. The molecule has 1 atom stereocenters. The number of aliphatic imine (C=N–C) groups is 1. The van der Waals surface area contributed by atoms with Crippen molar-refractivity contribution in [2.75, 3.05) is 0 Å². The second kappa shape index (κ2) is 3.34. The fourth-order valence-corrected chi connectivity index (χ4v) is 2.97. The van der Waals surface area contributed by atoms with Gasteiger partial charge in [0.25, 0.3) is 0 Å². The van der Waals surface area contributed by atoms with Crippen LogP contribution >= 0.6 is 0 Å². The van der Waals surface area contributed by atoms with Crippen LogP contribution in [0.25, 0.3) is 0 Å². The Balaban J connectivity index is 2.23. The summed E-state index contributed by atoms with van der Waals surface area (Å²) in [6.07, 6.45) is 1.02. The summed E-state index contributed by atoms with van der Waals surface area (Å²) in [6, 6.07) is 8.01. The predicted octanol–water partition coefficient (Wildman–Crippen LogP) is 2.46. The van der Waals surface area contributed by atoms with E-state index >= 15 is 0 Å². The van der Waals surface area contributed by atoms with E-state index in [1.807, 2.05) is 18.2 Å². The third-order valence-corrected chi connectivity index (χ3v) is 4.08. The largest absolute Gasteiger partial charge is 0.436 e. The second-order valence-corrected chi connectivity index (χ2v) is 5.62. The zero-order valence-corrected chi connectivity index (χ0v) is 10.6. The molecule has 0 saturated carbocycles. The molecule has 0 aromatic heterocycles. The molecule has 0 bridgehead atoms. The molecule has 18 heavy (non-hydrogen) atoms. The van der Waals surface area contributed by atoms with Crippen LogP contribution in [0.5, 0.6) is 0 Å². The van der Waals surface area contributed by atoms with Gasteiger partial charge in [-0.25, -0.2) is 4.79 Å². The van der Waals surface area contributed by atoms with Crippen LogP contribution in [-0.4, -0.2) is 11.9 Å². The third-order valence-electron chi connectivity index (χ3n) is 4.08. The summed E-state index contributed by atoms with van der Waals surface area (Å²) < 4.78 is 5.45. The van der Waals surface area contributed by atoms with E-state index in [1.165, 1.54) is 5.56 Å². The maximum absolute atomic E-state index is 11.4. The van der Waals surface area contributed by atoms with Gasteiger partial charge in [-0.15, -0.1) is 0 Å². The first-order valence-electron chi connectivity index (χ1n) is 6.13. The topological polar surface area (TPSA) is 64.7 Å². The van der Waals surface area contributed by atoms with Gasteiger partial charge in [-0.1, -0.05) is 38.1 Å². The molecule has 4 heteroatoms. The molecular weight excluding hydrogens is 228 g/mol. The van der Waals surface area contributed by atoms with E-state index in [4.69, 9.17) is 10.5 Å². The molecule has 1 aromatic rings. The summed E-state index contributed by atoms with van der Waals surface area (Å²) in [7, 11) is 0. The van der Waals surface area contributed by atoms with Crippen LogP contribution in [0.1, 0.15) is 37.8 Å². The Bertz CT molecular complexity index is 563. The first-order valence-corrected chi connectivity index (χ1v) is 6.13. The molecule has 0 fully saturated rings. The molecular formula is C14H16N2O2. The van der Waals surface area contributed by atoms with Crippen molar-refractivity contribution in [3.8, 4) is 0 Å². The molecule has 2 N–H and O–H groups in total. The van der Waals surface area contributed by atoms with Crippen LogP contribution in [0.3, 0.4) is 0 Å². The number of nitrogens with zero attached hydrogens (tertiary/aromatic N) is 1. The highest BCUT2D eigenvalue weighted by Crippen LogP contribution is 2.48. The zero-order chi connectivity index (χ0) is 13.0. The number of hydrogen-bond donors (Lipinski definition) is 1. The minimum Gasteiger partial charge on any atom is -0.428 e. The molecule has 1 amide bonds. The number of ether oxygens (including phenoxy) is 1. The van der Waals surface area contributed by atoms with Gasteiger partial charge in [0.1, 0.15) is 0 Å². The van der Waals surface area contributed by atoms with Crippen molar-refractivity contribution in [2.45, 2.75) is 37.7 Å². The van der Waals surface area contributed by atoms with Crippen LogP contribution in [0, 0.1) is 0 Å². The summed E-state index contributed by atoms with van der Waals surface area (Å²) in [5.41, 5.74) is 7.34. The predicted molar refractivity (Wildman–Crippen MR) is 68.5 cm³/mol. The number of hydrogen-bond acceptors (Lipinski definition) is 3. The molecule has 2 aliphatic rings. The fraction of sp³-hybridized carbons (Fsp3) is 0.429. The molecule has 1 unspecified atom stereocenters. The maximum atomic E-state index is 11.4. The number of fused-ring (bicyclic) bond motifs is 2. The van der Waals surface area contributed by atoms with E-state index in [0.717, 1.165) is 12.0 Å². The lowest BCUT2D eigenvalue weighted by Gasteiger charge is -2.41. The molecule has 0 saturated heterocycles. The molecule has 4 nitrogen and oxygen atoms in total. The smallest absolute Gasteiger partial charge is 0.428 e. The lowest BCUT2D eigenvalue weighted by molar-refractivity contribution is 0.0577. The molecule has 1 aliphatic carbocycles. The third kappa shape index (κ3) is 1.32. The molecule has 1 spiro atoms. The second-order valence-electron chi connectivity index (χ2n) is 5.62. The van der Waals surface area contributed by atoms with Gasteiger partial charge in [0.2, 0.25) is 0 Å². The monoisotopic (exact) mass is 244 g/mol. The summed E-state index contributed by atoms with van der Waals surface area (Å²) in [5.74, 6) is 0.287. The average molecular weight is 244 g/mol. The standard InChI is InChI=1S/C14H16N2O2/c1-13(2)7-8-14(11(15)16-12(17)18-14)10-6-4-3-5-9(10)13/h3-6H,7-8H2,1-2H3,(H2,15,16,17). The normalized spacial score (nSPS) is 28.8. The molecule has 3 rings (SSSR count). The fourth-order valence-electron chi connectivity index (χ4n) is 2.97. The summed E-state index contributed by atoms with van der Waals surface area (Å²) >= 11 is 0. The summed E-state index contributed by atoms with van der Waals surface area (Å²) in [5, 5.41) is 0. The number of nitrogens with two attached hydrogens (primary N) is 1. The van der Waals surface area contributed by atoms with E-state index in [1.54, 1.807) is 0 Å². The zero-order valence-electron chi connectivity index (χ0n) is 10.6. The number of amides is 1. The molecule has 1 aliphatic heterocycles. The lowest BCUT2D eigenvalue weighted by atomic mass is 9.66. The first kappa shape index (κ1) is 11.3. The minimum atomic E-state index is -0.830. The first-order chi connectivity index (χ1) is 8.46. The number of carbonyl (C=O) groups is 1. The van der Waals surface area contributed by atoms with Crippen LogP contribution < -0.4 is 5.73 Å². The number of rotatable bonds is 0. The number of amidine groups is 1. The van der Waals surface area contributed by atoms with Crippen molar-refractivity contribution >= 4 is 11.9 Å². The number of carbonyl (C=O) groups excluding carboxylic acids is 1. The van der Waals surface area contributed by atoms with Crippen LogP contribution in [0.15, 0.2) is 29.3 Å². The molecule has 0 radical (unpaired) electrons. The molecule has 94 valence electrons. The van der Waals surface area contributed by atoms with Crippen molar-refractivity contribution in [1.82, 2.24) is 0 Å². The van der Waals surface area contributed by atoms with Gasteiger partial charge >= 0.3 is 6.09 Å². The Labute approximate surface area is 106 Å². The van der Waals surface area contributed by atoms with E-state index in [9.17, 15) is 4.79 Å². The average Bonchev–Trinajstić information content (AvgIpc) is 2.61. The van der Waals surface area contributed by atoms with E-state index in [0.29, 0.717) is 6.42 Å². The highest BCUT2D eigenvalue weighted by molar-refractivity contribution is 6.03. The Kier molecular flexibility index (Phi) is 2.09. The number of benzene rings is 1. The van der Waals surface area contributed by atoms with Gasteiger partial charge in [-0.2, -0.15) is 4.99 Å². The van der Waals surface area contributed by atoms with Gasteiger partial charge in [-0.05, 0) is 23.8 Å². The van der Waals surface area contributed by atoms with E-state index in [-0.39, 0.29) is 11.3 Å². The van der Waals surface area contributed by atoms with Gasteiger partial charge in [0, 0.05) is 5.56 Å². The van der Waals surface area contributed by atoms with Crippen molar-refractivity contribution in [1.29, 1.82) is 0 Å². The van der Waals surface area contributed by atoms with E-state index < -0.39 is 11.7 Å². The van der Waals surface area contributed by atoms with Crippen molar-refractivity contribution < 1.29 is 9.53 Å². The van der Waals surface area contributed by atoms with Gasteiger partial charge in [-0.3, -0.25) is 0 Å². The van der Waals surface area contributed by atoms with Crippen LogP contribution in [-0.2, 0) is 15.8 Å². The Hall–Kier alpha value is -1.84. The summed E-state index contributed by atoms with van der Waals surface area (Å²) in [6.45, 7) is 4.39. The SMILES string of the molecule is CC1(C)CCC2(OC(=O)N=C2N)c2ccccc21. The van der Waals surface area contributed by atoms with Gasteiger partial charge in [0.05, 0.1) is 0 Å². The highest BCUT2D eigenvalue weighted by Gasteiger charge is 2.51. The van der Waals surface area contributed by atoms with E-state index in [2.05, 4.69) is 24.9 Å². The Morgan fingerprint density at radius 1 is 1.22 bits per heavy atom. The molecule has 1 heterocycles. The molecule has 1 aromatic carbocycles. The summed E-state index contributed by atoms with van der Waals surface area (Å²) in [4.78, 5) is 15.2. The van der Waals surface area contributed by atoms with Gasteiger partial charge < -0.3 is 10.5 Å². The van der Waals surface area contributed by atoms with Crippen molar-refractivity contribution in [2.24, 2.45) is 10.7 Å². The highest BCUT2D eigenvalue weighted by atomic mass is 16.6.